The van der Waals surface area contributed by atoms with Gasteiger partial charge in [0, 0.05) is 16.9 Å². The lowest BCUT2D eigenvalue weighted by molar-refractivity contribution is 0.0497. The Balaban J connectivity index is 2.03. The number of carbonyl (C=O) groups is 1. The fraction of sp³-hybridized carbons (Fsp3) is 0.381. The molecule has 156 valence electrons. The molecule has 3 N–H and O–H groups in total. The van der Waals surface area contributed by atoms with Crippen LogP contribution in [0, 0.1) is 0 Å². The molecule has 0 saturated heterocycles. The molecule has 29 heavy (non-hydrogen) atoms. The number of alkyl carbamates (subject to hydrolysis) is 1. The number of carbonyl (C=O) groups excluding carboxylic acids is 1. The van der Waals surface area contributed by atoms with Crippen LogP contribution in [0.5, 0.6) is 0 Å². The molecule has 0 aromatic heterocycles. The van der Waals surface area contributed by atoms with Crippen LogP contribution in [-0.4, -0.2) is 37.4 Å². The molecule has 1 saturated carbocycles. The molecule has 0 spiro atoms. The molecule has 1 aliphatic rings. The second-order valence-corrected chi connectivity index (χ2v) is 11.2. The van der Waals surface area contributed by atoms with Gasteiger partial charge >= 0.3 is 6.09 Å². The van der Waals surface area contributed by atoms with Crippen LogP contribution < -0.4 is 11.1 Å². The maximum Gasteiger partial charge on any atom is 0.408 e. The topological polar surface area (TPSA) is 98.5 Å². The SMILES string of the molecule is CC(C)(C)OC(=O)N[C@@]1(CN)[C@@H](c2ccc(Br)cc2)[C@@H]1S(=O)(=O)c1ccccc1. The van der Waals surface area contributed by atoms with Gasteiger partial charge in [-0.25, -0.2) is 13.2 Å². The first-order chi connectivity index (χ1) is 13.5. The minimum atomic E-state index is -3.74. The lowest BCUT2D eigenvalue weighted by Crippen LogP contribution is -2.49. The zero-order valence-electron chi connectivity index (χ0n) is 16.6. The Labute approximate surface area is 179 Å². The number of rotatable bonds is 5. The monoisotopic (exact) mass is 480 g/mol. The first-order valence-electron chi connectivity index (χ1n) is 9.27. The van der Waals surface area contributed by atoms with Crippen molar-refractivity contribution in [3.05, 3.63) is 64.6 Å². The smallest absolute Gasteiger partial charge is 0.408 e. The van der Waals surface area contributed by atoms with Gasteiger partial charge in [-0.1, -0.05) is 46.3 Å². The third kappa shape index (κ3) is 4.34. The maximum absolute atomic E-state index is 13.4. The molecule has 3 atom stereocenters. The van der Waals surface area contributed by atoms with Crippen molar-refractivity contribution in [3.63, 3.8) is 0 Å². The van der Waals surface area contributed by atoms with Gasteiger partial charge < -0.3 is 15.8 Å². The first-order valence-corrected chi connectivity index (χ1v) is 11.6. The summed E-state index contributed by atoms with van der Waals surface area (Å²) in [4.78, 5) is 12.7. The predicted molar refractivity (Wildman–Crippen MR) is 115 cm³/mol. The summed E-state index contributed by atoms with van der Waals surface area (Å²) in [5, 5.41) is 1.89. The second kappa shape index (κ2) is 7.74. The summed E-state index contributed by atoms with van der Waals surface area (Å²) in [6, 6.07) is 15.6. The summed E-state index contributed by atoms with van der Waals surface area (Å²) >= 11 is 3.39. The number of nitrogens with two attached hydrogens (primary N) is 1. The minimum Gasteiger partial charge on any atom is -0.444 e. The molecule has 6 nitrogen and oxygen atoms in total. The summed E-state index contributed by atoms with van der Waals surface area (Å²) < 4.78 is 33.1. The summed E-state index contributed by atoms with van der Waals surface area (Å²) in [5.74, 6) is -0.488. The third-order valence-electron chi connectivity index (χ3n) is 4.96. The predicted octanol–water partition coefficient (Wildman–Crippen LogP) is 3.61. The number of nitrogens with one attached hydrogen (secondary N) is 1. The second-order valence-electron chi connectivity index (χ2n) is 8.18. The maximum atomic E-state index is 13.4. The van der Waals surface area contributed by atoms with Crippen molar-refractivity contribution in [2.75, 3.05) is 6.54 Å². The summed E-state index contributed by atoms with van der Waals surface area (Å²) in [6.07, 6.45) is -0.684. The highest BCUT2D eigenvalue weighted by Gasteiger charge is 2.71. The Morgan fingerprint density at radius 1 is 1.14 bits per heavy atom. The largest absolute Gasteiger partial charge is 0.444 e. The molecular weight excluding hydrogens is 456 g/mol. The van der Waals surface area contributed by atoms with E-state index in [9.17, 15) is 13.2 Å². The Morgan fingerprint density at radius 3 is 2.24 bits per heavy atom. The van der Waals surface area contributed by atoms with E-state index in [1.165, 1.54) is 0 Å². The number of sulfone groups is 1. The van der Waals surface area contributed by atoms with Gasteiger partial charge in [0.15, 0.2) is 9.84 Å². The minimum absolute atomic E-state index is 0.0380. The van der Waals surface area contributed by atoms with E-state index in [0.29, 0.717) is 0 Å². The molecule has 1 amide bonds. The molecule has 1 aliphatic carbocycles. The molecule has 0 bridgehead atoms. The van der Waals surface area contributed by atoms with Gasteiger partial charge in [0.2, 0.25) is 0 Å². The van der Waals surface area contributed by atoms with Crippen molar-refractivity contribution in [1.29, 1.82) is 0 Å². The van der Waals surface area contributed by atoms with Gasteiger partial charge in [0.25, 0.3) is 0 Å². The number of hydrogen-bond donors (Lipinski definition) is 2. The standard InChI is InChI=1S/C21H25BrN2O4S/c1-20(2,3)28-19(25)24-21(13-23)17(14-9-11-15(22)12-10-14)18(21)29(26,27)16-7-5-4-6-8-16/h4-12,17-18H,13,23H2,1-3H3,(H,24,25)/t17-,18-,21-/m0/s1. The normalized spacial score (nSPS) is 24.0. The van der Waals surface area contributed by atoms with E-state index < -0.39 is 38.2 Å². The average Bonchev–Trinajstić information content (AvgIpc) is 3.31. The van der Waals surface area contributed by atoms with E-state index in [4.69, 9.17) is 10.5 Å². The van der Waals surface area contributed by atoms with Crippen molar-refractivity contribution in [1.82, 2.24) is 5.32 Å². The lowest BCUT2D eigenvalue weighted by Gasteiger charge is -2.24. The quantitative estimate of drug-likeness (QED) is 0.680. The Hall–Kier alpha value is -1.90. The van der Waals surface area contributed by atoms with Crippen molar-refractivity contribution in [3.8, 4) is 0 Å². The molecule has 0 radical (unpaired) electrons. The molecule has 2 aromatic rings. The molecule has 0 aliphatic heterocycles. The van der Waals surface area contributed by atoms with E-state index in [2.05, 4.69) is 21.2 Å². The zero-order valence-corrected chi connectivity index (χ0v) is 19.0. The van der Waals surface area contributed by atoms with E-state index in [1.54, 1.807) is 51.1 Å². The first kappa shape index (κ1) is 21.8. The van der Waals surface area contributed by atoms with Gasteiger partial charge in [-0.15, -0.1) is 0 Å². The average molecular weight is 481 g/mol. The van der Waals surface area contributed by atoms with Crippen LogP contribution in [0.25, 0.3) is 0 Å². The highest BCUT2D eigenvalue weighted by atomic mass is 79.9. The highest BCUT2D eigenvalue weighted by Crippen LogP contribution is 2.57. The number of halogens is 1. The number of amides is 1. The summed E-state index contributed by atoms with van der Waals surface area (Å²) in [6.45, 7) is 5.21. The van der Waals surface area contributed by atoms with Crippen LogP contribution in [0.1, 0.15) is 32.3 Å². The van der Waals surface area contributed by atoms with Gasteiger partial charge in [-0.05, 0) is 50.6 Å². The Kier molecular flexibility index (Phi) is 5.82. The van der Waals surface area contributed by atoms with Crippen LogP contribution >= 0.6 is 15.9 Å². The van der Waals surface area contributed by atoms with Crippen molar-refractivity contribution >= 4 is 31.9 Å². The highest BCUT2D eigenvalue weighted by molar-refractivity contribution is 9.10. The van der Waals surface area contributed by atoms with E-state index in [0.717, 1.165) is 10.0 Å². The third-order valence-corrected chi connectivity index (χ3v) is 7.78. The van der Waals surface area contributed by atoms with E-state index in [1.807, 2.05) is 24.3 Å². The van der Waals surface area contributed by atoms with Gasteiger partial charge in [-0.2, -0.15) is 0 Å². The molecule has 3 rings (SSSR count). The van der Waals surface area contributed by atoms with Crippen molar-refractivity contribution in [2.24, 2.45) is 5.73 Å². The number of ether oxygens (including phenoxy) is 1. The molecule has 8 heteroatoms. The van der Waals surface area contributed by atoms with E-state index in [-0.39, 0.29) is 11.4 Å². The fourth-order valence-electron chi connectivity index (χ4n) is 3.70. The molecule has 1 fully saturated rings. The summed E-state index contributed by atoms with van der Waals surface area (Å²) in [7, 11) is -3.74. The number of hydrogen-bond acceptors (Lipinski definition) is 5. The molecule has 2 aromatic carbocycles. The van der Waals surface area contributed by atoms with Crippen LogP contribution in [0.4, 0.5) is 4.79 Å². The van der Waals surface area contributed by atoms with Gasteiger partial charge in [-0.3, -0.25) is 0 Å². The van der Waals surface area contributed by atoms with Crippen molar-refractivity contribution < 1.29 is 17.9 Å². The Morgan fingerprint density at radius 2 is 1.72 bits per heavy atom. The Bertz CT molecular complexity index is 988. The van der Waals surface area contributed by atoms with Gasteiger partial charge in [0.05, 0.1) is 10.4 Å². The number of benzene rings is 2. The molecule has 0 heterocycles. The van der Waals surface area contributed by atoms with Crippen LogP contribution in [0.15, 0.2) is 64.0 Å². The molecular formula is C21H25BrN2O4S. The van der Waals surface area contributed by atoms with Crippen LogP contribution in [-0.2, 0) is 14.6 Å². The van der Waals surface area contributed by atoms with Gasteiger partial charge in [0.1, 0.15) is 10.9 Å². The molecule has 0 unspecified atom stereocenters. The van der Waals surface area contributed by atoms with Crippen molar-refractivity contribution in [2.45, 2.75) is 48.0 Å². The van der Waals surface area contributed by atoms with Crippen LogP contribution in [0.3, 0.4) is 0 Å². The summed E-state index contributed by atoms with van der Waals surface area (Å²) in [5.41, 5.74) is 4.99. The van der Waals surface area contributed by atoms with E-state index >= 15 is 0 Å². The zero-order chi connectivity index (χ0) is 21.4. The lowest BCUT2D eigenvalue weighted by atomic mass is 10.1. The van der Waals surface area contributed by atoms with Crippen LogP contribution in [0.2, 0.25) is 0 Å². The fourth-order valence-corrected chi connectivity index (χ4v) is 6.33.